The summed E-state index contributed by atoms with van der Waals surface area (Å²) in [6.45, 7) is 3.65. The summed E-state index contributed by atoms with van der Waals surface area (Å²) in [6.07, 6.45) is 3.61. The molecule has 3 rings (SSSR count). The Morgan fingerprint density at radius 2 is 1.96 bits per heavy atom. The molecule has 0 saturated carbocycles. The zero-order valence-corrected chi connectivity index (χ0v) is 16.3. The largest absolute Gasteiger partial charge is 0.356 e. The molecule has 0 bridgehead atoms. The Bertz CT molecular complexity index is 768. The molecule has 0 spiro atoms. The third-order valence-corrected chi connectivity index (χ3v) is 5.74. The zero-order chi connectivity index (χ0) is 20.1. The second-order valence-corrected chi connectivity index (χ2v) is 7.92. The van der Waals surface area contributed by atoms with E-state index in [2.05, 4.69) is 10.2 Å². The van der Waals surface area contributed by atoms with Crippen molar-refractivity contribution in [3.8, 4) is 6.07 Å². The van der Waals surface area contributed by atoms with Crippen LogP contribution < -0.4 is 5.32 Å². The van der Waals surface area contributed by atoms with E-state index < -0.39 is 5.82 Å². The molecule has 2 amide bonds. The Labute approximate surface area is 165 Å². The fourth-order valence-electron chi connectivity index (χ4n) is 4.07. The van der Waals surface area contributed by atoms with Crippen molar-refractivity contribution in [2.45, 2.75) is 25.7 Å². The lowest BCUT2D eigenvalue weighted by atomic mass is 9.94. The van der Waals surface area contributed by atoms with Gasteiger partial charge in [-0.3, -0.25) is 9.59 Å². The molecule has 2 aliphatic rings. The van der Waals surface area contributed by atoms with Gasteiger partial charge >= 0.3 is 0 Å². The van der Waals surface area contributed by atoms with E-state index in [0.717, 1.165) is 44.8 Å². The number of nitrogens with zero attached hydrogens (tertiary/aromatic N) is 3. The summed E-state index contributed by atoms with van der Waals surface area (Å²) < 4.78 is 13.6. The maximum absolute atomic E-state index is 13.6. The van der Waals surface area contributed by atoms with Crippen LogP contribution in [-0.4, -0.2) is 61.4 Å². The number of carbonyl (C=O) groups is 2. The predicted octanol–water partition coefficient (Wildman–Crippen LogP) is 2.01. The Kier molecular flexibility index (Phi) is 6.63. The summed E-state index contributed by atoms with van der Waals surface area (Å²) in [5, 5.41) is 12.0. The van der Waals surface area contributed by atoms with Crippen LogP contribution in [0.15, 0.2) is 18.2 Å². The van der Waals surface area contributed by atoms with Crippen LogP contribution in [0.1, 0.15) is 41.6 Å². The Balaban J connectivity index is 1.47. The van der Waals surface area contributed by atoms with Crippen molar-refractivity contribution >= 4 is 11.8 Å². The van der Waals surface area contributed by atoms with Crippen molar-refractivity contribution in [2.24, 2.45) is 11.8 Å². The highest BCUT2D eigenvalue weighted by atomic mass is 19.1. The minimum atomic E-state index is -0.576. The second kappa shape index (κ2) is 9.16. The Hall–Kier alpha value is -2.46. The molecular weight excluding hydrogens is 359 g/mol. The highest BCUT2D eigenvalue weighted by Gasteiger charge is 2.27. The number of carbonyl (C=O) groups excluding carboxylic acids is 2. The second-order valence-electron chi connectivity index (χ2n) is 7.92. The normalized spacial score (nSPS) is 21.2. The number of halogens is 1. The molecule has 6 nitrogen and oxygen atoms in total. The van der Waals surface area contributed by atoms with Crippen LogP contribution in [0.25, 0.3) is 0 Å². The lowest BCUT2D eigenvalue weighted by molar-refractivity contribution is -0.126. The number of piperidine rings is 2. The van der Waals surface area contributed by atoms with Gasteiger partial charge in [-0.05, 0) is 63.4 Å². The maximum Gasteiger partial charge on any atom is 0.254 e. The van der Waals surface area contributed by atoms with Gasteiger partial charge in [-0.25, -0.2) is 4.39 Å². The summed E-state index contributed by atoms with van der Waals surface area (Å²) >= 11 is 0. The van der Waals surface area contributed by atoms with E-state index in [9.17, 15) is 14.0 Å². The average molecular weight is 386 g/mol. The number of nitriles is 1. The molecule has 1 aromatic carbocycles. The molecule has 7 heteroatoms. The molecule has 2 aliphatic heterocycles. The van der Waals surface area contributed by atoms with Crippen LogP contribution in [0.2, 0.25) is 0 Å². The lowest BCUT2D eigenvalue weighted by Gasteiger charge is -2.33. The standard InChI is InChI=1S/C21H27FN4O2/c1-25-6-2-3-17(14-25)20(27)24-13-15-4-7-26(8-5-15)21(28)18-9-16(12-23)10-19(22)11-18/h9-11,15,17H,2-8,13-14H2,1H3,(H,24,27). The van der Waals surface area contributed by atoms with Gasteiger partial charge in [0.1, 0.15) is 5.82 Å². The van der Waals surface area contributed by atoms with E-state index in [1.54, 1.807) is 4.90 Å². The van der Waals surface area contributed by atoms with E-state index in [4.69, 9.17) is 5.26 Å². The molecule has 28 heavy (non-hydrogen) atoms. The topological polar surface area (TPSA) is 76.4 Å². The SMILES string of the molecule is CN1CCCC(C(=O)NCC2CCN(C(=O)c3cc(F)cc(C#N)c3)CC2)C1. The number of likely N-dealkylation sites (tertiary alicyclic amines) is 2. The van der Waals surface area contributed by atoms with Gasteiger partial charge in [-0.15, -0.1) is 0 Å². The molecule has 1 aromatic rings. The Morgan fingerprint density at radius 3 is 2.64 bits per heavy atom. The van der Waals surface area contributed by atoms with Crippen LogP contribution in [0.3, 0.4) is 0 Å². The number of nitrogens with one attached hydrogen (secondary N) is 1. The zero-order valence-electron chi connectivity index (χ0n) is 16.3. The van der Waals surface area contributed by atoms with E-state index in [0.29, 0.717) is 25.6 Å². The van der Waals surface area contributed by atoms with Crippen molar-refractivity contribution in [1.82, 2.24) is 15.1 Å². The highest BCUT2D eigenvalue weighted by molar-refractivity contribution is 5.94. The third kappa shape index (κ3) is 5.08. The molecule has 0 aromatic heterocycles. The first kappa shape index (κ1) is 20.3. The summed E-state index contributed by atoms with van der Waals surface area (Å²) in [5.74, 6) is -0.273. The summed E-state index contributed by atoms with van der Waals surface area (Å²) in [6, 6.07) is 5.60. The van der Waals surface area contributed by atoms with Gasteiger partial charge in [0.05, 0.1) is 17.6 Å². The van der Waals surface area contributed by atoms with Gasteiger partial charge < -0.3 is 15.1 Å². The van der Waals surface area contributed by atoms with Gasteiger partial charge in [0, 0.05) is 31.7 Å². The van der Waals surface area contributed by atoms with E-state index in [1.807, 2.05) is 13.1 Å². The average Bonchev–Trinajstić information content (AvgIpc) is 2.71. The molecule has 2 saturated heterocycles. The summed E-state index contributed by atoms with van der Waals surface area (Å²) in [7, 11) is 2.05. The molecule has 0 radical (unpaired) electrons. The fourth-order valence-corrected chi connectivity index (χ4v) is 4.07. The van der Waals surface area contributed by atoms with Crippen molar-refractivity contribution in [1.29, 1.82) is 5.26 Å². The number of hydrogen-bond donors (Lipinski definition) is 1. The smallest absolute Gasteiger partial charge is 0.254 e. The first-order chi connectivity index (χ1) is 13.5. The third-order valence-electron chi connectivity index (χ3n) is 5.74. The quantitative estimate of drug-likeness (QED) is 0.859. The lowest BCUT2D eigenvalue weighted by Crippen LogP contribution is -2.45. The summed E-state index contributed by atoms with van der Waals surface area (Å²) in [5.41, 5.74) is 0.360. The van der Waals surface area contributed by atoms with Gasteiger partial charge in [-0.2, -0.15) is 5.26 Å². The van der Waals surface area contributed by atoms with E-state index in [1.165, 1.54) is 12.1 Å². The molecule has 2 fully saturated rings. The van der Waals surface area contributed by atoms with Crippen molar-refractivity contribution in [3.63, 3.8) is 0 Å². The minimum absolute atomic E-state index is 0.0720. The highest BCUT2D eigenvalue weighted by Crippen LogP contribution is 2.20. The minimum Gasteiger partial charge on any atom is -0.356 e. The van der Waals surface area contributed by atoms with Crippen LogP contribution in [0.4, 0.5) is 4.39 Å². The molecule has 2 heterocycles. The fraction of sp³-hybridized carbons (Fsp3) is 0.571. The van der Waals surface area contributed by atoms with Gasteiger partial charge in [0.2, 0.25) is 5.91 Å². The van der Waals surface area contributed by atoms with Crippen LogP contribution in [-0.2, 0) is 4.79 Å². The number of benzene rings is 1. The van der Waals surface area contributed by atoms with Crippen molar-refractivity contribution in [3.05, 3.63) is 35.1 Å². The maximum atomic E-state index is 13.6. The monoisotopic (exact) mass is 386 g/mol. The van der Waals surface area contributed by atoms with Crippen LogP contribution in [0, 0.1) is 29.0 Å². The molecule has 150 valence electrons. The van der Waals surface area contributed by atoms with E-state index >= 15 is 0 Å². The van der Waals surface area contributed by atoms with Gasteiger partial charge in [0.15, 0.2) is 0 Å². The van der Waals surface area contributed by atoms with Crippen molar-refractivity contribution in [2.75, 3.05) is 39.8 Å². The first-order valence-corrected chi connectivity index (χ1v) is 9.92. The number of hydrogen-bond acceptors (Lipinski definition) is 4. The van der Waals surface area contributed by atoms with Crippen LogP contribution in [0.5, 0.6) is 0 Å². The molecule has 1 N–H and O–H groups in total. The Morgan fingerprint density at radius 1 is 1.21 bits per heavy atom. The molecule has 0 aliphatic carbocycles. The van der Waals surface area contributed by atoms with E-state index in [-0.39, 0.29) is 28.9 Å². The predicted molar refractivity (Wildman–Crippen MR) is 103 cm³/mol. The molecule has 1 atom stereocenters. The van der Waals surface area contributed by atoms with Gasteiger partial charge in [0.25, 0.3) is 5.91 Å². The number of amides is 2. The molecule has 1 unspecified atom stereocenters. The number of rotatable bonds is 4. The van der Waals surface area contributed by atoms with Crippen LogP contribution >= 0.6 is 0 Å². The summed E-state index contributed by atoms with van der Waals surface area (Å²) in [4.78, 5) is 28.9. The van der Waals surface area contributed by atoms with Crippen molar-refractivity contribution < 1.29 is 14.0 Å². The first-order valence-electron chi connectivity index (χ1n) is 9.92. The van der Waals surface area contributed by atoms with Gasteiger partial charge in [-0.1, -0.05) is 0 Å². The molecular formula is C21H27FN4O2.